The molecule has 0 unspecified atom stereocenters. The van der Waals surface area contributed by atoms with Gasteiger partial charge in [-0.05, 0) is 35.9 Å². The molecule has 6 nitrogen and oxygen atoms in total. The minimum absolute atomic E-state index is 0.107. The lowest BCUT2D eigenvalue weighted by molar-refractivity contribution is -0.130. The Morgan fingerprint density at radius 3 is 2.77 bits per heavy atom. The van der Waals surface area contributed by atoms with Crippen molar-refractivity contribution in [3.05, 3.63) is 64.9 Å². The first-order valence-electron chi connectivity index (χ1n) is 8.16. The third-order valence-electron chi connectivity index (χ3n) is 4.25. The third-order valence-corrected chi connectivity index (χ3v) is 4.48. The van der Waals surface area contributed by atoms with Crippen LogP contribution in [0.5, 0.6) is 5.75 Å². The predicted molar refractivity (Wildman–Crippen MR) is 99.2 cm³/mol. The minimum atomic E-state index is -0.107. The smallest absolute Gasteiger partial charge is 0.247 e. The lowest BCUT2D eigenvalue weighted by Gasteiger charge is -2.11. The number of carbonyl (C=O) groups excluding carboxylic acids is 1. The normalized spacial score (nSPS) is 13.9. The van der Waals surface area contributed by atoms with Crippen molar-refractivity contribution >= 4 is 34.3 Å². The molecule has 0 atom stereocenters. The van der Waals surface area contributed by atoms with E-state index in [4.69, 9.17) is 11.6 Å². The number of benzene rings is 2. The highest BCUT2D eigenvalue weighted by atomic mass is 35.5. The second-order valence-electron chi connectivity index (χ2n) is 6.03. The molecule has 0 saturated carbocycles. The quantitative estimate of drug-likeness (QED) is 0.772. The van der Waals surface area contributed by atoms with E-state index in [9.17, 15) is 9.90 Å². The average Bonchev–Trinajstić information content (AvgIpc) is 3.14. The molecule has 0 saturated heterocycles. The number of amides is 1. The zero-order valence-corrected chi connectivity index (χ0v) is 14.5. The molecule has 3 aromatic rings. The Hall–Kier alpha value is -2.99. The maximum Gasteiger partial charge on any atom is 0.247 e. The van der Waals surface area contributed by atoms with Crippen molar-refractivity contribution in [1.29, 1.82) is 0 Å². The molecule has 0 spiro atoms. The fourth-order valence-corrected chi connectivity index (χ4v) is 3.12. The molecular weight excluding hydrogens is 352 g/mol. The van der Waals surface area contributed by atoms with Crippen molar-refractivity contribution in [3.63, 3.8) is 0 Å². The van der Waals surface area contributed by atoms with Gasteiger partial charge in [-0.3, -0.25) is 14.8 Å². The van der Waals surface area contributed by atoms with Gasteiger partial charge in [-0.2, -0.15) is 5.10 Å². The van der Waals surface area contributed by atoms with E-state index in [1.54, 1.807) is 24.5 Å². The maximum absolute atomic E-state index is 12.6. The zero-order chi connectivity index (χ0) is 18.1. The second-order valence-corrected chi connectivity index (χ2v) is 6.47. The number of fused-ring (bicyclic) bond motifs is 1. The number of aromatic hydroxyl groups is 1. The van der Waals surface area contributed by atoms with Crippen LogP contribution in [0, 0.1) is 0 Å². The second kappa shape index (κ2) is 6.72. The Labute approximate surface area is 154 Å². The molecule has 26 heavy (non-hydrogen) atoms. The molecule has 130 valence electrons. The van der Waals surface area contributed by atoms with Crippen molar-refractivity contribution in [2.24, 2.45) is 5.10 Å². The van der Waals surface area contributed by atoms with Crippen LogP contribution in [-0.4, -0.2) is 38.2 Å². The molecule has 4 rings (SSSR count). The number of aromatic nitrogens is 2. The highest BCUT2D eigenvalue weighted by Gasteiger charge is 2.23. The van der Waals surface area contributed by atoms with E-state index in [0.717, 1.165) is 16.6 Å². The van der Waals surface area contributed by atoms with Gasteiger partial charge in [0.25, 0.3) is 0 Å². The largest absolute Gasteiger partial charge is 0.507 e. The number of carbonyl (C=O) groups is 1. The van der Waals surface area contributed by atoms with Crippen LogP contribution in [0.1, 0.15) is 17.5 Å². The van der Waals surface area contributed by atoms with Gasteiger partial charge in [0.2, 0.25) is 5.91 Å². The summed E-state index contributed by atoms with van der Waals surface area (Å²) in [6, 6.07) is 10.4. The molecule has 1 aliphatic rings. The standard InChI is InChI=1S/C19H15ClN4O2/c20-13-2-4-18(25)14(11-13)15-5-8-24(23-15)19(26)10-12-1-3-16-17(9-12)22-7-6-21-16/h1-4,6-7,9,11,25H,5,8,10H2. The van der Waals surface area contributed by atoms with Crippen LogP contribution in [0.25, 0.3) is 11.0 Å². The summed E-state index contributed by atoms with van der Waals surface area (Å²) in [6.07, 6.45) is 4.06. The predicted octanol–water partition coefficient (Wildman–Crippen LogP) is 3.17. The molecule has 1 aliphatic heterocycles. The van der Waals surface area contributed by atoms with Gasteiger partial charge in [-0.25, -0.2) is 5.01 Å². The van der Waals surface area contributed by atoms with E-state index < -0.39 is 0 Å². The number of rotatable bonds is 3. The van der Waals surface area contributed by atoms with Crippen LogP contribution in [0.3, 0.4) is 0 Å². The summed E-state index contributed by atoms with van der Waals surface area (Å²) in [6.45, 7) is 0.480. The fraction of sp³-hybridized carbons (Fsp3) is 0.158. The summed E-state index contributed by atoms with van der Waals surface area (Å²) in [5.41, 5.74) is 3.63. The number of halogens is 1. The summed E-state index contributed by atoms with van der Waals surface area (Å²) in [5, 5.41) is 16.3. The lowest BCUT2D eigenvalue weighted by Crippen LogP contribution is -2.25. The summed E-state index contributed by atoms with van der Waals surface area (Å²) >= 11 is 5.99. The summed E-state index contributed by atoms with van der Waals surface area (Å²) in [7, 11) is 0. The van der Waals surface area contributed by atoms with Crippen molar-refractivity contribution in [1.82, 2.24) is 15.0 Å². The van der Waals surface area contributed by atoms with Gasteiger partial charge in [0.1, 0.15) is 5.75 Å². The number of hydrogen-bond acceptors (Lipinski definition) is 5. The maximum atomic E-state index is 12.6. The van der Waals surface area contributed by atoms with Gasteiger partial charge in [-0.1, -0.05) is 17.7 Å². The van der Waals surface area contributed by atoms with Gasteiger partial charge >= 0.3 is 0 Å². The first kappa shape index (κ1) is 16.5. The van der Waals surface area contributed by atoms with E-state index >= 15 is 0 Å². The number of phenols is 1. The highest BCUT2D eigenvalue weighted by Crippen LogP contribution is 2.26. The van der Waals surface area contributed by atoms with E-state index in [1.807, 2.05) is 18.2 Å². The minimum Gasteiger partial charge on any atom is -0.507 e. The molecule has 1 N–H and O–H groups in total. The third kappa shape index (κ3) is 3.23. The van der Waals surface area contributed by atoms with Gasteiger partial charge < -0.3 is 5.11 Å². The van der Waals surface area contributed by atoms with Crippen LogP contribution in [0.2, 0.25) is 5.02 Å². The van der Waals surface area contributed by atoms with Crippen molar-refractivity contribution in [2.75, 3.05) is 6.54 Å². The molecular formula is C19H15ClN4O2. The summed E-state index contributed by atoms with van der Waals surface area (Å²) < 4.78 is 0. The molecule has 0 aliphatic carbocycles. The Kier molecular flexibility index (Phi) is 4.26. The molecule has 2 aromatic carbocycles. The topological polar surface area (TPSA) is 78.7 Å². The summed E-state index contributed by atoms with van der Waals surface area (Å²) in [5.74, 6) is 0.000288. The number of hydrazone groups is 1. The first-order valence-corrected chi connectivity index (χ1v) is 8.54. The average molecular weight is 367 g/mol. The molecule has 0 bridgehead atoms. The monoisotopic (exact) mass is 366 g/mol. The van der Waals surface area contributed by atoms with Crippen LogP contribution in [0.15, 0.2) is 53.9 Å². The Morgan fingerprint density at radius 2 is 1.92 bits per heavy atom. The van der Waals surface area contributed by atoms with E-state index in [1.165, 1.54) is 11.1 Å². The Morgan fingerprint density at radius 1 is 1.12 bits per heavy atom. The number of hydrogen-bond donors (Lipinski definition) is 1. The van der Waals surface area contributed by atoms with Gasteiger partial charge in [0, 0.05) is 29.4 Å². The van der Waals surface area contributed by atoms with E-state index in [-0.39, 0.29) is 18.1 Å². The fourth-order valence-electron chi connectivity index (χ4n) is 2.95. The zero-order valence-electron chi connectivity index (χ0n) is 13.8. The van der Waals surface area contributed by atoms with Crippen LogP contribution >= 0.6 is 11.6 Å². The molecule has 2 heterocycles. The van der Waals surface area contributed by atoms with Crippen molar-refractivity contribution < 1.29 is 9.90 Å². The molecule has 1 aromatic heterocycles. The highest BCUT2D eigenvalue weighted by molar-refractivity contribution is 6.31. The summed E-state index contributed by atoms with van der Waals surface area (Å²) in [4.78, 5) is 21.1. The Bertz CT molecular complexity index is 1030. The van der Waals surface area contributed by atoms with Crippen LogP contribution in [-0.2, 0) is 11.2 Å². The van der Waals surface area contributed by atoms with Gasteiger partial charge in [0.05, 0.1) is 29.7 Å². The Balaban J connectivity index is 1.53. The lowest BCUT2D eigenvalue weighted by atomic mass is 10.1. The molecule has 7 heteroatoms. The molecule has 1 amide bonds. The number of nitrogens with zero attached hydrogens (tertiary/aromatic N) is 4. The molecule has 0 radical (unpaired) electrons. The van der Waals surface area contributed by atoms with Gasteiger partial charge in [0.15, 0.2) is 0 Å². The molecule has 0 fully saturated rings. The van der Waals surface area contributed by atoms with Crippen molar-refractivity contribution in [2.45, 2.75) is 12.8 Å². The first-order chi connectivity index (χ1) is 12.6. The van der Waals surface area contributed by atoms with E-state index in [2.05, 4.69) is 15.1 Å². The van der Waals surface area contributed by atoms with E-state index in [0.29, 0.717) is 29.3 Å². The SMILES string of the molecule is O=C(Cc1ccc2nccnc2c1)N1CCC(c2cc(Cl)ccc2O)=N1. The van der Waals surface area contributed by atoms with Crippen LogP contribution < -0.4 is 0 Å². The van der Waals surface area contributed by atoms with Gasteiger partial charge in [-0.15, -0.1) is 0 Å². The van der Waals surface area contributed by atoms with Crippen molar-refractivity contribution in [3.8, 4) is 5.75 Å². The number of phenolic OH excluding ortho intramolecular Hbond substituents is 1. The van der Waals surface area contributed by atoms with Crippen LogP contribution in [0.4, 0.5) is 0 Å².